The number of aromatic nitrogens is 6. The van der Waals surface area contributed by atoms with Crippen LogP contribution in [-0.4, -0.2) is 29.7 Å². The van der Waals surface area contributed by atoms with E-state index >= 15 is 0 Å². The Morgan fingerprint density at radius 1 is 0.341 bits per heavy atom. The minimum atomic E-state index is 0.349. The van der Waals surface area contributed by atoms with Crippen LogP contribution in [0.2, 0.25) is 0 Å². The molecule has 0 unspecified atom stereocenters. The first kappa shape index (κ1) is 27.6. The van der Waals surface area contributed by atoms with E-state index in [2.05, 4.69) is 152 Å². The number of hydrogen-bond acceptors (Lipinski definition) is 6. The van der Waals surface area contributed by atoms with Gasteiger partial charge < -0.3 is 0 Å². The average Bonchev–Trinajstić information content (AvgIpc) is 3.93. The van der Waals surface area contributed by atoms with Crippen LogP contribution in [0.3, 0.4) is 0 Å². The Kier molecular flexibility index (Phi) is 8.12. The van der Waals surface area contributed by atoms with Crippen LogP contribution in [0.5, 0.6) is 0 Å². The van der Waals surface area contributed by atoms with Crippen molar-refractivity contribution in [3.63, 3.8) is 0 Å². The van der Waals surface area contributed by atoms with Crippen molar-refractivity contribution in [2.24, 2.45) is 0 Å². The van der Waals surface area contributed by atoms with E-state index in [-0.39, 0.29) is 0 Å². The Labute approximate surface area is 258 Å². The second-order valence-corrected chi connectivity index (χ2v) is 11.3. The van der Waals surface area contributed by atoms with Crippen LogP contribution in [0.15, 0.2) is 147 Å². The standard InChI is InChI=1S/2C18H18N4/c2*1-3-7-15(8-4-1)17-11-12-18(16-9-5-2-6-10-16)22(17)21-13-19-20-14-21/h2*1-10,13-14,17-18H,11-12H2/t2*17-,18-/m00/s1. The Morgan fingerprint density at radius 3 is 0.795 bits per heavy atom. The molecule has 0 N–H and O–H groups in total. The molecule has 4 aromatic carbocycles. The maximum absolute atomic E-state index is 3.99. The van der Waals surface area contributed by atoms with Gasteiger partial charge in [-0.3, -0.25) is 10.0 Å². The van der Waals surface area contributed by atoms with Crippen molar-refractivity contribution in [3.05, 3.63) is 169 Å². The molecule has 8 nitrogen and oxygen atoms in total. The summed E-state index contributed by atoms with van der Waals surface area (Å²) < 4.78 is 4.06. The molecule has 6 aromatic rings. The minimum absolute atomic E-state index is 0.349. The Morgan fingerprint density at radius 2 is 0.568 bits per heavy atom. The number of nitrogens with zero attached hydrogens (tertiary/aromatic N) is 8. The summed E-state index contributed by atoms with van der Waals surface area (Å²) in [6.07, 6.45) is 11.7. The van der Waals surface area contributed by atoms with Gasteiger partial charge in [0.15, 0.2) is 0 Å². The zero-order valence-electron chi connectivity index (χ0n) is 24.6. The second kappa shape index (κ2) is 13.0. The molecular weight excluding hydrogens is 544 g/mol. The van der Waals surface area contributed by atoms with Crippen LogP contribution in [0.4, 0.5) is 0 Å². The van der Waals surface area contributed by atoms with Gasteiger partial charge in [-0.25, -0.2) is 9.35 Å². The van der Waals surface area contributed by atoms with Crippen molar-refractivity contribution in [3.8, 4) is 0 Å². The summed E-state index contributed by atoms with van der Waals surface area (Å²) in [5.74, 6) is 0. The highest BCUT2D eigenvalue weighted by Gasteiger charge is 2.37. The first-order valence-corrected chi connectivity index (χ1v) is 15.3. The zero-order chi connectivity index (χ0) is 29.6. The third-order valence-electron chi connectivity index (χ3n) is 8.79. The fourth-order valence-corrected chi connectivity index (χ4v) is 6.85. The normalized spacial score (nSPS) is 21.2. The molecule has 0 radical (unpaired) electrons. The lowest BCUT2D eigenvalue weighted by Crippen LogP contribution is -2.35. The maximum atomic E-state index is 3.99. The fraction of sp³-hybridized carbons (Fsp3) is 0.222. The molecular formula is C36H36N8. The second-order valence-electron chi connectivity index (χ2n) is 11.3. The molecule has 2 fully saturated rings. The Bertz CT molecular complexity index is 1450. The largest absolute Gasteiger partial charge is 0.295 e. The molecule has 4 atom stereocenters. The first-order chi connectivity index (χ1) is 21.9. The molecule has 44 heavy (non-hydrogen) atoms. The highest BCUT2D eigenvalue weighted by Crippen LogP contribution is 2.43. The molecule has 0 saturated carbocycles. The predicted octanol–water partition coefficient (Wildman–Crippen LogP) is 6.99. The SMILES string of the molecule is c1ccc([C@@H]2CC[C@@H](c3ccccc3)N2n2cnnc2)cc1.c1ccc([C@@H]2CC[C@@H](c3ccccc3)N2n2cnnc2)cc1. The summed E-state index contributed by atoms with van der Waals surface area (Å²) in [5.41, 5.74) is 5.37. The van der Waals surface area contributed by atoms with Crippen LogP contribution in [0, 0.1) is 0 Å². The van der Waals surface area contributed by atoms with Crippen molar-refractivity contribution in [2.75, 3.05) is 10.0 Å². The number of benzene rings is 4. The van der Waals surface area contributed by atoms with Gasteiger partial charge >= 0.3 is 0 Å². The van der Waals surface area contributed by atoms with E-state index in [4.69, 9.17) is 0 Å². The summed E-state index contributed by atoms with van der Waals surface area (Å²) >= 11 is 0. The molecule has 2 aliphatic heterocycles. The van der Waals surface area contributed by atoms with Gasteiger partial charge in [0.1, 0.15) is 25.3 Å². The van der Waals surface area contributed by atoms with E-state index in [0.717, 1.165) is 25.7 Å². The van der Waals surface area contributed by atoms with Crippen molar-refractivity contribution >= 4 is 0 Å². The highest BCUT2D eigenvalue weighted by molar-refractivity contribution is 5.33. The van der Waals surface area contributed by atoms with E-state index in [1.54, 1.807) is 25.3 Å². The molecule has 0 spiro atoms. The Hall–Kier alpha value is -5.24. The quantitative estimate of drug-likeness (QED) is 0.212. The zero-order valence-corrected chi connectivity index (χ0v) is 24.6. The van der Waals surface area contributed by atoms with Crippen LogP contribution < -0.4 is 10.0 Å². The van der Waals surface area contributed by atoms with Crippen molar-refractivity contribution < 1.29 is 0 Å². The highest BCUT2D eigenvalue weighted by atomic mass is 15.6. The molecule has 4 heterocycles. The monoisotopic (exact) mass is 580 g/mol. The minimum Gasteiger partial charge on any atom is -0.295 e. The van der Waals surface area contributed by atoms with Gasteiger partial charge in [-0.2, -0.15) is 0 Å². The fourth-order valence-electron chi connectivity index (χ4n) is 6.85. The smallest absolute Gasteiger partial charge is 0.139 e. The maximum Gasteiger partial charge on any atom is 0.139 e. The summed E-state index contributed by atoms with van der Waals surface area (Å²) in [6, 6.07) is 44.1. The third-order valence-corrected chi connectivity index (χ3v) is 8.79. The third kappa shape index (κ3) is 5.71. The van der Waals surface area contributed by atoms with E-state index in [0.29, 0.717) is 24.2 Å². The van der Waals surface area contributed by atoms with E-state index in [1.807, 2.05) is 9.35 Å². The van der Waals surface area contributed by atoms with Gasteiger partial charge in [-0.1, -0.05) is 121 Å². The van der Waals surface area contributed by atoms with Gasteiger partial charge in [-0.05, 0) is 47.9 Å². The van der Waals surface area contributed by atoms with Crippen LogP contribution in [0.25, 0.3) is 0 Å². The first-order valence-electron chi connectivity index (χ1n) is 15.3. The van der Waals surface area contributed by atoms with Gasteiger partial charge in [-0.15, -0.1) is 20.4 Å². The molecule has 220 valence electrons. The molecule has 2 aliphatic rings. The topological polar surface area (TPSA) is 67.9 Å². The molecule has 0 amide bonds. The number of hydrogen-bond donors (Lipinski definition) is 0. The van der Waals surface area contributed by atoms with Crippen LogP contribution >= 0.6 is 0 Å². The molecule has 2 saturated heterocycles. The lowest BCUT2D eigenvalue weighted by atomic mass is 10.0. The summed E-state index contributed by atoms with van der Waals surface area (Å²) in [6.45, 7) is 0. The van der Waals surface area contributed by atoms with Gasteiger partial charge in [0.25, 0.3) is 0 Å². The molecule has 8 rings (SSSR count). The van der Waals surface area contributed by atoms with Gasteiger partial charge in [0, 0.05) is 0 Å². The van der Waals surface area contributed by atoms with E-state index in [9.17, 15) is 0 Å². The van der Waals surface area contributed by atoms with Gasteiger partial charge in [0.05, 0.1) is 24.2 Å². The van der Waals surface area contributed by atoms with Crippen molar-refractivity contribution in [1.29, 1.82) is 0 Å². The summed E-state index contributed by atoms with van der Waals surface area (Å²) in [7, 11) is 0. The summed E-state index contributed by atoms with van der Waals surface area (Å²) in [5, 5.41) is 20.8. The van der Waals surface area contributed by atoms with Crippen LogP contribution in [0.1, 0.15) is 72.1 Å². The number of rotatable bonds is 6. The molecule has 8 heteroatoms. The molecule has 0 aliphatic carbocycles. The molecule has 2 aromatic heterocycles. The Balaban J connectivity index is 0.000000142. The predicted molar refractivity (Wildman–Crippen MR) is 172 cm³/mol. The lowest BCUT2D eigenvalue weighted by molar-refractivity contribution is 0.499. The van der Waals surface area contributed by atoms with E-state index < -0.39 is 0 Å². The average molecular weight is 581 g/mol. The summed E-state index contributed by atoms with van der Waals surface area (Å²) in [4.78, 5) is 0. The van der Waals surface area contributed by atoms with Gasteiger partial charge in [0.2, 0.25) is 0 Å². The molecule has 0 bridgehead atoms. The van der Waals surface area contributed by atoms with E-state index in [1.165, 1.54) is 22.3 Å². The van der Waals surface area contributed by atoms with Crippen LogP contribution in [-0.2, 0) is 0 Å². The van der Waals surface area contributed by atoms with Crippen molar-refractivity contribution in [1.82, 2.24) is 29.7 Å². The van der Waals surface area contributed by atoms with Crippen molar-refractivity contribution in [2.45, 2.75) is 49.9 Å². The lowest BCUT2D eigenvalue weighted by Gasteiger charge is -2.32.